The summed E-state index contributed by atoms with van der Waals surface area (Å²) in [7, 11) is 0. The van der Waals surface area contributed by atoms with E-state index in [1.54, 1.807) is 0 Å². The van der Waals surface area contributed by atoms with E-state index in [9.17, 15) is 5.26 Å². The van der Waals surface area contributed by atoms with E-state index in [-0.39, 0.29) is 0 Å². The number of nitrogens with one attached hydrogen (secondary N) is 1. The first-order chi connectivity index (χ1) is 18.1. The van der Waals surface area contributed by atoms with Crippen LogP contribution in [-0.2, 0) is 6.54 Å². The van der Waals surface area contributed by atoms with Crippen LogP contribution >= 0.6 is 0 Å². The Hall–Kier alpha value is -3.58. The standard InChI is InChI=1S/C31H36N6/c1-23-30(20-33)31(28-7-3-25(19-32)4-8-28)24(2)37(23)22-26-5-9-29(10-6-26)36-15-11-27(12-16-36)21-35-17-13-34-14-18-35/h3-10,27,34H,11-18,21-22H2,1-2H3. The number of hydrogen-bond donors (Lipinski definition) is 1. The van der Waals surface area contributed by atoms with Crippen molar-refractivity contribution in [3.63, 3.8) is 0 Å². The summed E-state index contributed by atoms with van der Waals surface area (Å²) < 4.78 is 2.24. The van der Waals surface area contributed by atoms with E-state index in [2.05, 4.69) is 63.0 Å². The Labute approximate surface area is 220 Å². The molecule has 0 bridgehead atoms. The first-order valence-electron chi connectivity index (χ1n) is 13.4. The van der Waals surface area contributed by atoms with Crippen molar-refractivity contribution in [2.45, 2.75) is 33.2 Å². The molecule has 1 N–H and O–H groups in total. The molecule has 0 unspecified atom stereocenters. The van der Waals surface area contributed by atoms with Crippen LogP contribution in [-0.4, -0.2) is 55.3 Å². The van der Waals surface area contributed by atoms with Crippen LogP contribution in [0, 0.1) is 42.4 Å². The third-order valence-electron chi connectivity index (χ3n) is 8.18. The van der Waals surface area contributed by atoms with Crippen LogP contribution in [0.5, 0.6) is 0 Å². The van der Waals surface area contributed by atoms with Crippen LogP contribution in [0.4, 0.5) is 5.69 Å². The third kappa shape index (κ3) is 5.42. The number of benzene rings is 2. The molecule has 0 aliphatic carbocycles. The minimum atomic E-state index is 0.625. The lowest BCUT2D eigenvalue weighted by Crippen LogP contribution is -2.46. The Morgan fingerprint density at radius 1 is 0.838 bits per heavy atom. The second kappa shape index (κ2) is 11.2. The van der Waals surface area contributed by atoms with Gasteiger partial charge in [0.2, 0.25) is 0 Å². The first-order valence-corrected chi connectivity index (χ1v) is 13.4. The van der Waals surface area contributed by atoms with Gasteiger partial charge in [0.1, 0.15) is 6.07 Å². The molecule has 2 fully saturated rings. The summed E-state index contributed by atoms with van der Waals surface area (Å²) in [6.45, 7) is 13.0. The average molecular weight is 493 g/mol. The maximum Gasteiger partial charge on any atom is 0.102 e. The highest BCUT2D eigenvalue weighted by Crippen LogP contribution is 2.33. The van der Waals surface area contributed by atoms with Crippen LogP contribution in [0.3, 0.4) is 0 Å². The first kappa shape index (κ1) is 25.1. The van der Waals surface area contributed by atoms with Crippen molar-refractivity contribution in [2.75, 3.05) is 50.7 Å². The highest BCUT2D eigenvalue weighted by molar-refractivity contribution is 5.75. The van der Waals surface area contributed by atoms with Crippen LogP contribution in [0.2, 0.25) is 0 Å². The van der Waals surface area contributed by atoms with Gasteiger partial charge in [-0.2, -0.15) is 10.5 Å². The maximum absolute atomic E-state index is 9.93. The molecule has 0 radical (unpaired) electrons. The molecule has 6 heteroatoms. The van der Waals surface area contributed by atoms with E-state index in [0.717, 1.165) is 61.2 Å². The quantitative estimate of drug-likeness (QED) is 0.541. The van der Waals surface area contributed by atoms with Gasteiger partial charge >= 0.3 is 0 Å². The third-order valence-corrected chi connectivity index (χ3v) is 8.18. The number of nitrogens with zero attached hydrogens (tertiary/aromatic N) is 5. The van der Waals surface area contributed by atoms with Crippen molar-refractivity contribution in [3.05, 3.63) is 76.6 Å². The van der Waals surface area contributed by atoms with E-state index >= 15 is 0 Å². The van der Waals surface area contributed by atoms with Crippen molar-refractivity contribution in [1.29, 1.82) is 10.5 Å². The molecule has 1 aromatic heterocycles. The Morgan fingerprint density at radius 3 is 2.14 bits per heavy atom. The van der Waals surface area contributed by atoms with Crippen LogP contribution < -0.4 is 10.2 Å². The smallest absolute Gasteiger partial charge is 0.102 e. The van der Waals surface area contributed by atoms with Crippen molar-refractivity contribution >= 4 is 5.69 Å². The molecule has 37 heavy (non-hydrogen) atoms. The number of nitriles is 2. The molecule has 5 rings (SSSR count). The van der Waals surface area contributed by atoms with Crippen molar-refractivity contribution in [2.24, 2.45) is 5.92 Å². The Morgan fingerprint density at radius 2 is 1.51 bits per heavy atom. The highest BCUT2D eigenvalue weighted by Gasteiger charge is 2.23. The summed E-state index contributed by atoms with van der Waals surface area (Å²) in [5.74, 6) is 0.813. The lowest BCUT2D eigenvalue weighted by molar-refractivity contribution is 0.190. The summed E-state index contributed by atoms with van der Waals surface area (Å²) in [6, 6.07) is 21.1. The fraction of sp³-hybridized carbons (Fsp3) is 0.419. The van der Waals surface area contributed by atoms with Crippen molar-refractivity contribution in [1.82, 2.24) is 14.8 Å². The minimum absolute atomic E-state index is 0.625. The van der Waals surface area contributed by atoms with Gasteiger partial charge in [-0.15, -0.1) is 0 Å². The van der Waals surface area contributed by atoms with E-state index in [0.29, 0.717) is 11.1 Å². The minimum Gasteiger partial charge on any atom is -0.372 e. The number of anilines is 1. The molecule has 2 saturated heterocycles. The Kier molecular flexibility index (Phi) is 7.60. The number of piperidine rings is 1. The van der Waals surface area contributed by atoms with Gasteiger partial charge in [-0.3, -0.25) is 0 Å². The Balaban J connectivity index is 1.25. The molecule has 190 valence electrons. The number of rotatable bonds is 6. The maximum atomic E-state index is 9.93. The normalized spacial score (nSPS) is 16.9. The zero-order valence-electron chi connectivity index (χ0n) is 22.0. The van der Waals surface area contributed by atoms with Gasteiger partial charge < -0.3 is 19.7 Å². The van der Waals surface area contributed by atoms with E-state index in [1.165, 1.54) is 43.7 Å². The molecule has 3 heterocycles. The lowest BCUT2D eigenvalue weighted by Gasteiger charge is -2.37. The zero-order valence-corrected chi connectivity index (χ0v) is 22.0. The number of hydrogen-bond acceptors (Lipinski definition) is 5. The number of piperazine rings is 1. The lowest BCUT2D eigenvalue weighted by atomic mass is 9.95. The fourth-order valence-corrected chi connectivity index (χ4v) is 5.95. The zero-order chi connectivity index (χ0) is 25.8. The summed E-state index contributed by atoms with van der Waals surface area (Å²) in [6.07, 6.45) is 2.53. The largest absolute Gasteiger partial charge is 0.372 e. The van der Waals surface area contributed by atoms with Gasteiger partial charge in [-0.1, -0.05) is 24.3 Å². The number of aromatic nitrogens is 1. The fourth-order valence-electron chi connectivity index (χ4n) is 5.95. The van der Waals surface area contributed by atoms with Crippen LogP contribution in [0.15, 0.2) is 48.5 Å². The molecule has 6 nitrogen and oxygen atoms in total. The second-order valence-corrected chi connectivity index (χ2v) is 10.5. The summed E-state index contributed by atoms with van der Waals surface area (Å²) in [5.41, 5.74) is 7.87. The van der Waals surface area contributed by atoms with Crippen molar-refractivity contribution < 1.29 is 0 Å². The predicted molar refractivity (Wildman–Crippen MR) is 149 cm³/mol. The van der Waals surface area contributed by atoms with Gasteiger partial charge in [-0.25, -0.2) is 0 Å². The topological polar surface area (TPSA) is 71.0 Å². The molecular formula is C31H36N6. The summed E-state index contributed by atoms with van der Waals surface area (Å²) in [5, 5.41) is 22.5. The molecule has 2 aromatic carbocycles. The summed E-state index contributed by atoms with van der Waals surface area (Å²) >= 11 is 0. The molecule has 2 aliphatic heterocycles. The van der Waals surface area contributed by atoms with E-state index < -0.39 is 0 Å². The average Bonchev–Trinajstić information content (AvgIpc) is 3.18. The molecule has 3 aromatic rings. The van der Waals surface area contributed by atoms with E-state index in [4.69, 9.17) is 5.26 Å². The van der Waals surface area contributed by atoms with Gasteiger partial charge in [0, 0.05) is 75.0 Å². The van der Waals surface area contributed by atoms with Crippen LogP contribution in [0.25, 0.3) is 11.1 Å². The highest BCUT2D eigenvalue weighted by atomic mass is 15.2. The van der Waals surface area contributed by atoms with E-state index in [1.807, 2.05) is 31.2 Å². The molecule has 0 saturated carbocycles. The van der Waals surface area contributed by atoms with Gasteiger partial charge in [0.25, 0.3) is 0 Å². The predicted octanol–water partition coefficient (Wildman–Crippen LogP) is 4.69. The molecular weight excluding hydrogens is 456 g/mol. The van der Waals surface area contributed by atoms with Crippen LogP contribution in [0.1, 0.15) is 40.9 Å². The molecule has 0 atom stereocenters. The van der Waals surface area contributed by atoms with Crippen molar-refractivity contribution in [3.8, 4) is 23.3 Å². The molecule has 0 amide bonds. The molecule has 2 aliphatic rings. The monoisotopic (exact) mass is 492 g/mol. The SMILES string of the molecule is Cc1c(C#N)c(-c2ccc(C#N)cc2)c(C)n1Cc1ccc(N2CCC(CN3CCNCC3)CC2)cc1. The molecule has 0 spiro atoms. The van der Waals surface area contributed by atoms with Gasteiger partial charge in [0.15, 0.2) is 0 Å². The Bertz CT molecular complexity index is 1290. The van der Waals surface area contributed by atoms with Gasteiger partial charge in [-0.05, 0) is 68.0 Å². The summed E-state index contributed by atoms with van der Waals surface area (Å²) in [4.78, 5) is 5.16. The van der Waals surface area contributed by atoms with Gasteiger partial charge in [0.05, 0.1) is 17.2 Å². The second-order valence-electron chi connectivity index (χ2n) is 10.5.